The van der Waals surface area contributed by atoms with Crippen molar-refractivity contribution in [1.82, 2.24) is 0 Å². The minimum atomic E-state index is -4.18. The number of hydrogen-bond acceptors (Lipinski definition) is 5. The van der Waals surface area contributed by atoms with Gasteiger partial charge in [-0.05, 0) is 74.6 Å². The van der Waals surface area contributed by atoms with Crippen LogP contribution in [0.25, 0.3) is 0 Å². The van der Waals surface area contributed by atoms with Crippen molar-refractivity contribution in [2.75, 3.05) is 6.61 Å². The first-order valence-electron chi connectivity index (χ1n) is 14.3. The summed E-state index contributed by atoms with van der Waals surface area (Å²) in [5.74, 6) is 6.70. The number of unbranched alkanes of at least 4 members (excludes halogenated alkanes) is 6. The molecule has 0 saturated carbocycles. The summed E-state index contributed by atoms with van der Waals surface area (Å²) in [7, 11) is 0. The number of carboxylic acids is 3. The first-order valence-corrected chi connectivity index (χ1v) is 14.3. The van der Waals surface area contributed by atoms with E-state index in [4.69, 9.17) is 20.4 Å². The Morgan fingerprint density at radius 1 is 0.773 bits per heavy atom. The molecule has 0 radical (unpaired) electrons. The van der Waals surface area contributed by atoms with Gasteiger partial charge in [-0.3, -0.25) is 9.59 Å². The van der Waals surface area contributed by atoms with Gasteiger partial charge in [0, 0.05) is 19.3 Å². The normalized spacial score (nSPS) is 9.84. The summed E-state index contributed by atoms with van der Waals surface area (Å²) < 4.78 is 28.8. The van der Waals surface area contributed by atoms with E-state index >= 15 is 0 Å². The lowest BCUT2D eigenvalue weighted by molar-refractivity contribution is -0.210. The van der Waals surface area contributed by atoms with Gasteiger partial charge in [0.05, 0.1) is 0 Å². The van der Waals surface area contributed by atoms with Gasteiger partial charge in [-0.25, -0.2) is 4.79 Å². The summed E-state index contributed by atoms with van der Waals surface area (Å²) in [4.78, 5) is 30.5. The number of hydrogen-bond donors (Lipinski definition) is 4. The highest BCUT2D eigenvalue weighted by molar-refractivity contribution is 5.73. The van der Waals surface area contributed by atoms with Gasteiger partial charge in [0.1, 0.15) is 12.4 Å². The Bertz CT molecular complexity index is 1250. The van der Waals surface area contributed by atoms with E-state index in [1.165, 1.54) is 41.0 Å². The van der Waals surface area contributed by atoms with Crippen LogP contribution in [0.2, 0.25) is 0 Å². The van der Waals surface area contributed by atoms with Crippen LogP contribution in [0.1, 0.15) is 80.9 Å². The van der Waals surface area contributed by atoms with E-state index < -0.39 is 24.0 Å². The second-order valence-electron chi connectivity index (χ2n) is 9.69. The molecule has 0 aliphatic rings. The summed E-state index contributed by atoms with van der Waals surface area (Å²) in [6, 6.07) is 13.3. The minimum absolute atomic E-state index is 0.134. The molecule has 4 N–H and O–H groups in total. The van der Waals surface area contributed by atoms with Crippen LogP contribution in [0.5, 0.6) is 5.75 Å². The van der Waals surface area contributed by atoms with Crippen LogP contribution in [0, 0.1) is 37.5 Å². The molecular weight excluding hydrogens is 574 g/mol. The third kappa shape index (κ3) is 22.2. The van der Waals surface area contributed by atoms with Gasteiger partial charge in [0.15, 0.2) is 0 Å². The Kier molecular flexibility index (Phi) is 21.7. The van der Waals surface area contributed by atoms with E-state index in [0.29, 0.717) is 0 Å². The van der Waals surface area contributed by atoms with Gasteiger partial charge >= 0.3 is 24.0 Å². The number of aliphatic carboxylic acids is 3. The molecule has 0 aromatic heterocycles. The number of carboxylic acid groups (broad SMARTS) is 3. The van der Waals surface area contributed by atoms with Gasteiger partial charge in [-0.2, -0.15) is 8.78 Å². The molecule has 44 heavy (non-hydrogen) atoms. The Labute approximate surface area is 258 Å². The second kappa shape index (κ2) is 24.1. The Balaban J connectivity index is 0.000000636. The van der Waals surface area contributed by atoms with Gasteiger partial charge < -0.3 is 25.2 Å². The molecule has 8 nitrogen and oxygen atoms in total. The maximum absolute atomic E-state index is 12.4. The third-order valence-corrected chi connectivity index (χ3v) is 5.84. The number of para-hydroxylation sites is 1. The molecular formula is C34H42F2O8. The Hall–Kier alpha value is -4.41. The summed E-state index contributed by atoms with van der Waals surface area (Å²) in [6.07, 6.45) is 5.01. The molecule has 0 atom stereocenters. The fourth-order valence-corrected chi connectivity index (χ4v) is 3.57. The molecule has 240 valence electrons. The molecule has 0 unspecified atom stereocenters. The molecule has 0 spiro atoms. The van der Waals surface area contributed by atoms with E-state index in [0.717, 1.165) is 57.8 Å². The zero-order valence-electron chi connectivity index (χ0n) is 25.3. The van der Waals surface area contributed by atoms with Crippen LogP contribution in [0.15, 0.2) is 48.5 Å². The number of aliphatic hydroxyl groups is 1. The number of benzene rings is 2. The van der Waals surface area contributed by atoms with Crippen molar-refractivity contribution in [1.29, 1.82) is 0 Å². The maximum Gasteiger partial charge on any atom is 0.501 e. The quantitative estimate of drug-likeness (QED) is 0.129. The first kappa shape index (κ1) is 39.6. The van der Waals surface area contributed by atoms with Gasteiger partial charge in [0.2, 0.25) is 0 Å². The van der Waals surface area contributed by atoms with Crippen molar-refractivity contribution >= 4 is 17.9 Å². The van der Waals surface area contributed by atoms with E-state index in [1.807, 2.05) is 0 Å². The molecule has 0 aliphatic heterocycles. The molecule has 2 rings (SSSR count). The van der Waals surface area contributed by atoms with Crippen molar-refractivity contribution in [3.63, 3.8) is 0 Å². The molecule has 0 bridgehead atoms. The SMILES string of the molecule is Cc1ccc(C)c(CCCC(=O)O)c1.O=C(O)C(F)(F)Oc1ccccc1.O=C(O)CCCCCCCCC#CC#CCO. The number of aryl methyl sites for hydroxylation is 3. The summed E-state index contributed by atoms with van der Waals surface area (Å²) in [5, 5.41) is 33.3. The second-order valence-corrected chi connectivity index (χ2v) is 9.69. The Morgan fingerprint density at radius 2 is 1.34 bits per heavy atom. The average Bonchev–Trinajstić information content (AvgIpc) is 2.96. The van der Waals surface area contributed by atoms with Crippen molar-refractivity contribution in [2.45, 2.75) is 90.6 Å². The molecule has 0 aliphatic carbocycles. The lowest BCUT2D eigenvalue weighted by Crippen LogP contribution is -2.34. The molecule has 0 heterocycles. The molecule has 0 saturated heterocycles. The van der Waals surface area contributed by atoms with Crippen LogP contribution < -0.4 is 4.74 Å². The predicted molar refractivity (Wildman–Crippen MR) is 163 cm³/mol. The highest BCUT2D eigenvalue weighted by Gasteiger charge is 2.42. The number of rotatable bonds is 15. The van der Waals surface area contributed by atoms with E-state index in [-0.39, 0.29) is 25.2 Å². The number of halogens is 2. The summed E-state index contributed by atoms with van der Waals surface area (Å²) >= 11 is 0. The van der Waals surface area contributed by atoms with Crippen molar-refractivity contribution in [3.8, 4) is 29.4 Å². The number of carbonyl (C=O) groups is 3. The summed E-state index contributed by atoms with van der Waals surface area (Å²) in [6.45, 7) is 3.99. The molecule has 0 fully saturated rings. The minimum Gasteiger partial charge on any atom is -0.481 e. The van der Waals surface area contributed by atoms with Crippen LogP contribution >= 0.6 is 0 Å². The molecule has 0 amide bonds. The van der Waals surface area contributed by atoms with E-state index in [9.17, 15) is 23.2 Å². The maximum atomic E-state index is 12.4. The predicted octanol–water partition coefficient (Wildman–Crippen LogP) is 6.64. The lowest BCUT2D eigenvalue weighted by atomic mass is 10.0. The Morgan fingerprint density at radius 3 is 1.93 bits per heavy atom. The van der Waals surface area contributed by atoms with Crippen molar-refractivity contribution in [2.24, 2.45) is 0 Å². The zero-order valence-corrected chi connectivity index (χ0v) is 25.3. The fraction of sp³-hybridized carbons (Fsp3) is 0.441. The van der Waals surface area contributed by atoms with Gasteiger partial charge in [0.25, 0.3) is 0 Å². The monoisotopic (exact) mass is 616 g/mol. The van der Waals surface area contributed by atoms with Crippen LogP contribution in [0.4, 0.5) is 8.78 Å². The molecule has 2 aromatic rings. The standard InChI is InChI=1S/C14H20O3.C12H16O2.C8H6F2O3/c15-13-11-9-7-5-3-1-2-4-6-8-10-12-14(16)17;1-9-6-7-10(2)11(8-9)4-3-5-12(13)14;9-8(10,7(11)12)13-6-4-2-1-3-5-6/h15H,1-4,6,8,10,12-13H2,(H,16,17);6-8H,3-5H2,1-2H3,(H,13,14);1-5H,(H,11,12). The smallest absolute Gasteiger partial charge is 0.481 e. The van der Waals surface area contributed by atoms with Crippen LogP contribution in [0.3, 0.4) is 0 Å². The third-order valence-electron chi connectivity index (χ3n) is 5.84. The lowest BCUT2D eigenvalue weighted by Gasteiger charge is -2.12. The summed E-state index contributed by atoms with van der Waals surface area (Å²) in [5.41, 5.74) is 3.76. The van der Waals surface area contributed by atoms with Crippen LogP contribution in [-0.4, -0.2) is 51.0 Å². The number of aliphatic hydroxyl groups excluding tert-OH is 1. The average molecular weight is 617 g/mol. The number of alkyl halides is 2. The van der Waals surface area contributed by atoms with E-state index in [1.54, 1.807) is 6.07 Å². The van der Waals surface area contributed by atoms with Crippen molar-refractivity contribution < 1.29 is 48.3 Å². The molecule has 10 heteroatoms. The largest absolute Gasteiger partial charge is 0.501 e. The topological polar surface area (TPSA) is 141 Å². The highest BCUT2D eigenvalue weighted by Crippen LogP contribution is 2.21. The van der Waals surface area contributed by atoms with E-state index in [2.05, 4.69) is 60.5 Å². The highest BCUT2D eigenvalue weighted by atomic mass is 19.3. The van der Waals surface area contributed by atoms with Crippen molar-refractivity contribution in [3.05, 3.63) is 65.2 Å². The number of ether oxygens (including phenoxy) is 1. The first-order chi connectivity index (χ1) is 20.9. The fourth-order valence-electron chi connectivity index (χ4n) is 3.57. The van der Waals surface area contributed by atoms with Gasteiger partial charge in [-0.15, -0.1) is 0 Å². The van der Waals surface area contributed by atoms with Crippen LogP contribution in [-0.2, 0) is 20.8 Å². The zero-order chi connectivity index (χ0) is 33.2. The van der Waals surface area contributed by atoms with Gasteiger partial charge in [-0.1, -0.05) is 79.5 Å². The molecule has 2 aromatic carbocycles.